The summed E-state index contributed by atoms with van der Waals surface area (Å²) in [5.74, 6) is 0.495. The Kier molecular flexibility index (Phi) is 1.97. The van der Waals surface area contributed by atoms with E-state index in [1.54, 1.807) is 6.20 Å². The molecule has 0 unspecified atom stereocenters. The first-order chi connectivity index (χ1) is 6.33. The molecule has 0 bridgehead atoms. The van der Waals surface area contributed by atoms with Gasteiger partial charge in [-0.15, -0.1) is 0 Å². The standard InChI is InChI=1S/C11H11NO/c1-2-10(13)11-9(8-5-6-8)4-3-7-12-11/h2-4,7-8H,1,5-6H2. The Morgan fingerprint density at radius 3 is 3.00 bits per heavy atom. The van der Waals surface area contributed by atoms with Gasteiger partial charge in [0.05, 0.1) is 0 Å². The normalized spacial score (nSPS) is 15.4. The molecule has 0 radical (unpaired) electrons. The second kappa shape index (κ2) is 3.13. The van der Waals surface area contributed by atoms with E-state index in [2.05, 4.69) is 11.6 Å². The summed E-state index contributed by atoms with van der Waals surface area (Å²) in [6.45, 7) is 3.47. The molecule has 0 N–H and O–H groups in total. The number of allylic oxidation sites excluding steroid dienone is 1. The minimum atomic E-state index is -0.0671. The van der Waals surface area contributed by atoms with Crippen molar-refractivity contribution < 1.29 is 4.79 Å². The van der Waals surface area contributed by atoms with Crippen LogP contribution in [-0.2, 0) is 0 Å². The van der Waals surface area contributed by atoms with Gasteiger partial charge in [0.25, 0.3) is 0 Å². The van der Waals surface area contributed by atoms with Gasteiger partial charge in [-0.25, -0.2) is 0 Å². The summed E-state index contributed by atoms with van der Waals surface area (Å²) in [4.78, 5) is 15.5. The molecule has 1 aromatic heterocycles. The predicted octanol–water partition coefficient (Wildman–Crippen LogP) is 2.33. The minimum absolute atomic E-state index is 0.0671. The van der Waals surface area contributed by atoms with E-state index in [1.165, 1.54) is 18.9 Å². The van der Waals surface area contributed by atoms with Crippen molar-refractivity contribution in [3.8, 4) is 0 Å². The first-order valence-electron chi connectivity index (χ1n) is 4.44. The predicted molar refractivity (Wildman–Crippen MR) is 50.7 cm³/mol. The Labute approximate surface area is 77.3 Å². The van der Waals surface area contributed by atoms with E-state index in [4.69, 9.17) is 0 Å². The highest BCUT2D eigenvalue weighted by molar-refractivity contribution is 6.03. The molecule has 2 heteroatoms. The zero-order chi connectivity index (χ0) is 9.26. The van der Waals surface area contributed by atoms with Crippen molar-refractivity contribution in [3.05, 3.63) is 42.2 Å². The van der Waals surface area contributed by atoms with Crippen molar-refractivity contribution in [1.82, 2.24) is 4.98 Å². The highest BCUT2D eigenvalue weighted by atomic mass is 16.1. The Bertz CT molecular complexity index is 353. The molecular formula is C11H11NO. The zero-order valence-corrected chi connectivity index (χ0v) is 7.36. The number of pyridine rings is 1. The number of carbonyl (C=O) groups excluding carboxylic acids is 1. The fourth-order valence-corrected chi connectivity index (χ4v) is 1.44. The molecule has 0 aliphatic heterocycles. The second-order valence-corrected chi connectivity index (χ2v) is 3.28. The molecule has 1 aliphatic carbocycles. The van der Waals surface area contributed by atoms with Gasteiger partial charge >= 0.3 is 0 Å². The summed E-state index contributed by atoms with van der Waals surface area (Å²) < 4.78 is 0. The molecular weight excluding hydrogens is 162 g/mol. The van der Waals surface area contributed by atoms with Crippen LogP contribution in [0.25, 0.3) is 0 Å². The fraction of sp³-hybridized carbons (Fsp3) is 0.273. The summed E-state index contributed by atoms with van der Waals surface area (Å²) in [6.07, 6.45) is 5.35. The monoisotopic (exact) mass is 173 g/mol. The molecule has 1 aliphatic rings. The van der Waals surface area contributed by atoms with E-state index in [9.17, 15) is 4.79 Å². The van der Waals surface area contributed by atoms with Crippen LogP contribution < -0.4 is 0 Å². The molecule has 0 aromatic carbocycles. The van der Waals surface area contributed by atoms with Crippen molar-refractivity contribution in [2.75, 3.05) is 0 Å². The topological polar surface area (TPSA) is 30.0 Å². The lowest BCUT2D eigenvalue weighted by molar-refractivity contribution is 0.104. The summed E-state index contributed by atoms with van der Waals surface area (Å²) in [6, 6.07) is 3.87. The Balaban J connectivity index is 2.42. The maximum atomic E-state index is 11.4. The first-order valence-corrected chi connectivity index (χ1v) is 4.44. The summed E-state index contributed by atoms with van der Waals surface area (Å²) >= 11 is 0. The number of rotatable bonds is 3. The van der Waals surface area contributed by atoms with Crippen molar-refractivity contribution in [2.24, 2.45) is 0 Å². The largest absolute Gasteiger partial charge is 0.288 e. The maximum Gasteiger partial charge on any atom is 0.203 e. The van der Waals surface area contributed by atoms with E-state index >= 15 is 0 Å². The molecule has 0 amide bonds. The summed E-state index contributed by atoms with van der Waals surface area (Å²) in [7, 11) is 0. The van der Waals surface area contributed by atoms with E-state index in [-0.39, 0.29) is 5.78 Å². The zero-order valence-electron chi connectivity index (χ0n) is 7.36. The van der Waals surface area contributed by atoms with E-state index in [0.29, 0.717) is 11.6 Å². The Morgan fingerprint density at radius 1 is 1.62 bits per heavy atom. The van der Waals surface area contributed by atoms with Crippen molar-refractivity contribution in [3.63, 3.8) is 0 Å². The van der Waals surface area contributed by atoms with Crippen LogP contribution >= 0.6 is 0 Å². The number of aromatic nitrogens is 1. The van der Waals surface area contributed by atoms with Crippen LogP contribution in [0.4, 0.5) is 0 Å². The van der Waals surface area contributed by atoms with Crippen molar-refractivity contribution in [1.29, 1.82) is 0 Å². The average Bonchev–Trinajstić information content (AvgIpc) is 3.00. The van der Waals surface area contributed by atoms with E-state index in [1.807, 2.05) is 12.1 Å². The van der Waals surface area contributed by atoms with E-state index < -0.39 is 0 Å². The molecule has 0 atom stereocenters. The second-order valence-electron chi connectivity index (χ2n) is 3.28. The Morgan fingerprint density at radius 2 is 2.38 bits per heavy atom. The summed E-state index contributed by atoms with van der Waals surface area (Å²) in [5.41, 5.74) is 1.67. The lowest BCUT2D eigenvalue weighted by atomic mass is 10.1. The van der Waals surface area contributed by atoms with Crippen LogP contribution in [0.15, 0.2) is 31.0 Å². The molecule has 0 spiro atoms. The summed E-state index contributed by atoms with van der Waals surface area (Å²) in [5, 5.41) is 0. The third-order valence-corrected chi connectivity index (χ3v) is 2.27. The molecule has 1 heterocycles. The van der Waals surface area contributed by atoms with Gasteiger partial charge in [0.15, 0.2) is 0 Å². The first kappa shape index (κ1) is 8.17. The van der Waals surface area contributed by atoms with Gasteiger partial charge in [0.2, 0.25) is 5.78 Å². The number of carbonyl (C=O) groups is 1. The van der Waals surface area contributed by atoms with Crippen LogP contribution in [0.3, 0.4) is 0 Å². The fourth-order valence-electron chi connectivity index (χ4n) is 1.44. The SMILES string of the molecule is C=CC(=O)c1ncccc1C1CC1. The molecule has 1 aromatic rings. The van der Waals surface area contributed by atoms with Gasteiger partial charge in [0.1, 0.15) is 5.69 Å². The third-order valence-electron chi connectivity index (χ3n) is 2.27. The molecule has 13 heavy (non-hydrogen) atoms. The van der Waals surface area contributed by atoms with Crippen LogP contribution in [0.5, 0.6) is 0 Å². The lowest BCUT2D eigenvalue weighted by Gasteiger charge is -2.02. The highest BCUT2D eigenvalue weighted by Gasteiger charge is 2.27. The minimum Gasteiger partial charge on any atom is -0.288 e. The number of hydrogen-bond donors (Lipinski definition) is 0. The van der Waals surface area contributed by atoms with Crippen LogP contribution in [0.2, 0.25) is 0 Å². The highest BCUT2D eigenvalue weighted by Crippen LogP contribution is 2.41. The number of hydrogen-bond acceptors (Lipinski definition) is 2. The number of nitrogens with zero attached hydrogens (tertiary/aromatic N) is 1. The quantitative estimate of drug-likeness (QED) is 0.518. The molecule has 2 rings (SSSR count). The van der Waals surface area contributed by atoms with Gasteiger partial charge in [-0.2, -0.15) is 0 Å². The molecule has 1 saturated carbocycles. The van der Waals surface area contributed by atoms with Gasteiger partial charge in [-0.3, -0.25) is 9.78 Å². The van der Waals surface area contributed by atoms with Crippen LogP contribution in [0.1, 0.15) is 34.8 Å². The third kappa shape index (κ3) is 1.52. The van der Waals surface area contributed by atoms with E-state index in [0.717, 1.165) is 5.56 Å². The molecule has 66 valence electrons. The van der Waals surface area contributed by atoms with Gasteiger partial charge in [-0.1, -0.05) is 12.6 Å². The lowest BCUT2D eigenvalue weighted by Crippen LogP contribution is -2.02. The van der Waals surface area contributed by atoms with Gasteiger partial charge < -0.3 is 0 Å². The van der Waals surface area contributed by atoms with Crippen molar-refractivity contribution in [2.45, 2.75) is 18.8 Å². The molecule has 1 fully saturated rings. The maximum absolute atomic E-state index is 11.4. The number of ketones is 1. The Hall–Kier alpha value is -1.44. The van der Waals surface area contributed by atoms with Crippen LogP contribution in [-0.4, -0.2) is 10.8 Å². The smallest absolute Gasteiger partial charge is 0.203 e. The van der Waals surface area contributed by atoms with Crippen LogP contribution in [0, 0.1) is 0 Å². The average molecular weight is 173 g/mol. The van der Waals surface area contributed by atoms with Gasteiger partial charge in [-0.05, 0) is 36.5 Å². The van der Waals surface area contributed by atoms with Gasteiger partial charge in [0, 0.05) is 6.20 Å². The molecule has 2 nitrogen and oxygen atoms in total. The van der Waals surface area contributed by atoms with Crippen molar-refractivity contribution >= 4 is 5.78 Å². The molecule has 0 saturated heterocycles.